The van der Waals surface area contributed by atoms with Crippen molar-refractivity contribution in [3.8, 4) is 5.75 Å². The molecular formula is C29H34ClN3O5S. The second-order valence-corrected chi connectivity index (χ2v) is 11.7. The fraction of sp³-hybridized carbons (Fsp3) is 0.310. The molecule has 8 nitrogen and oxygen atoms in total. The summed E-state index contributed by atoms with van der Waals surface area (Å²) in [6.45, 7) is 6.64. The number of aryl methyl sites for hydroxylation is 1. The number of carbonyl (C=O) groups is 2. The largest absolute Gasteiger partial charge is 0.497 e. The first-order valence-electron chi connectivity index (χ1n) is 12.5. The molecule has 0 saturated carbocycles. The summed E-state index contributed by atoms with van der Waals surface area (Å²) in [7, 11) is -2.67. The van der Waals surface area contributed by atoms with Crippen molar-refractivity contribution in [3.63, 3.8) is 0 Å². The average molecular weight is 572 g/mol. The van der Waals surface area contributed by atoms with Gasteiger partial charge in [-0.15, -0.1) is 0 Å². The maximum atomic E-state index is 13.9. The third kappa shape index (κ3) is 7.52. The Kier molecular flexibility index (Phi) is 9.99. The summed E-state index contributed by atoms with van der Waals surface area (Å²) < 4.78 is 33.9. The maximum Gasteiger partial charge on any atom is 0.264 e. The number of hydrogen-bond donors (Lipinski definition) is 1. The van der Waals surface area contributed by atoms with Gasteiger partial charge in [-0.3, -0.25) is 13.9 Å². The Bertz CT molecular complexity index is 1390. The molecule has 0 aliphatic heterocycles. The molecule has 2 amide bonds. The number of carbonyl (C=O) groups excluding carboxylic acids is 2. The van der Waals surface area contributed by atoms with E-state index in [2.05, 4.69) is 5.32 Å². The van der Waals surface area contributed by atoms with Gasteiger partial charge in [0.05, 0.1) is 17.7 Å². The molecule has 0 spiro atoms. The van der Waals surface area contributed by atoms with Crippen LogP contribution in [0.5, 0.6) is 5.75 Å². The second-order valence-electron chi connectivity index (χ2n) is 9.48. The topological polar surface area (TPSA) is 96.0 Å². The van der Waals surface area contributed by atoms with Gasteiger partial charge in [-0.25, -0.2) is 8.42 Å². The molecule has 208 valence electrons. The maximum absolute atomic E-state index is 13.9. The molecule has 0 aliphatic carbocycles. The first kappa shape index (κ1) is 30.0. The Morgan fingerprint density at radius 2 is 1.56 bits per heavy atom. The van der Waals surface area contributed by atoms with E-state index in [1.807, 2.05) is 20.8 Å². The SMILES string of the molecule is COc1ccc(S(=O)(=O)N(CC(=O)N(Cc2ccccc2Cl)[C@H](C)C(=O)NC(C)C)c2ccc(C)cc2)cc1. The summed E-state index contributed by atoms with van der Waals surface area (Å²) in [6.07, 6.45) is 0. The lowest BCUT2D eigenvalue weighted by Gasteiger charge is -2.32. The van der Waals surface area contributed by atoms with Crippen LogP contribution < -0.4 is 14.4 Å². The molecule has 0 radical (unpaired) electrons. The number of sulfonamides is 1. The zero-order valence-corrected chi connectivity index (χ0v) is 24.3. The van der Waals surface area contributed by atoms with Crippen molar-refractivity contribution in [2.75, 3.05) is 18.0 Å². The van der Waals surface area contributed by atoms with Gasteiger partial charge in [-0.2, -0.15) is 0 Å². The minimum atomic E-state index is -4.16. The van der Waals surface area contributed by atoms with Gasteiger partial charge < -0.3 is 15.0 Å². The van der Waals surface area contributed by atoms with Gasteiger partial charge in [-0.05, 0) is 75.7 Å². The van der Waals surface area contributed by atoms with Crippen molar-refractivity contribution in [1.29, 1.82) is 0 Å². The number of methoxy groups -OCH3 is 1. The number of nitrogens with zero attached hydrogens (tertiary/aromatic N) is 2. The highest BCUT2D eigenvalue weighted by atomic mass is 35.5. The number of ether oxygens (including phenoxy) is 1. The number of anilines is 1. The van der Waals surface area contributed by atoms with Crippen LogP contribution in [0, 0.1) is 6.92 Å². The summed E-state index contributed by atoms with van der Waals surface area (Å²) in [5.41, 5.74) is 1.89. The van der Waals surface area contributed by atoms with Crippen molar-refractivity contribution in [2.24, 2.45) is 0 Å². The average Bonchev–Trinajstić information content (AvgIpc) is 2.91. The highest BCUT2D eigenvalue weighted by molar-refractivity contribution is 7.92. The number of nitrogens with one attached hydrogen (secondary N) is 1. The van der Waals surface area contributed by atoms with Gasteiger partial charge in [-0.1, -0.05) is 47.5 Å². The molecule has 3 rings (SSSR count). The van der Waals surface area contributed by atoms with Gasteiger partial charge in [0.2, 0.25) is 11.8 Å². The summed E-state index contributed by atoms with van der Waals surface area (Å²) in [5.74, 6) is -0.410. The lowest BCUT2D eigenvalue weighted by Crippen LogP contribution is -2.52. The molecule has 0 aromatic heterocycles. The number of amides is 2. The third-order valence-electron chi connectivity index (χ3n) is 6.15. The van der Waals surface area contributed by atoms with Gasteiger partial charge in [0, 0.05) is 17.6 Å². The summed E-state index contributed by atoms with van der Waals surface area (Å²) in [4.78, 5) is 28.2. The van der Waals surface area contributed by atoms with Crippen LogP contribution in [0.3, 0.4) is 0 Å². The molecular weight excluding hydrogens is 538 g/mol. The fourth-order valence-electron chi connectivity index (χ4n) is 3.91. The molecule has 3 aromatic carbocycles. The van der Waals surface area contributed by atoms with E-state index >= 15 is 0 Å². The van der Waals surface area contributed by atoms with Crippen LogP contribution in [-0.2, 0) is 26.2 Å². The van der Waals surface area contributed by atoms with Gasteiger partial charge in [0.1, 0.15) is 18.3 Å². The Morgan fingerprint density at radius 3 is 2.13 bits per heavy atom. The smallest absolute Gasteiger partial charge is 0.264 e. The Morgan fingerprint density at radius 1 is 0.949 bits per heavy atom. The van der Waals surface area contributed by atoms with E-state index in [9.17, 15) is 18.0 Å². The third-order valence-corrected chi connectivity index (χ3v) is 8.30. The number of halogens is 1. The zero-order chi connectivity index (χ0) is 28.7. The number of hydrogen-bond acceptors (Lipinski definition) is 5. The van der Waals surface area contributed by atoms with Gasteiger partial charge >= 0.3 is 0 Å². The summed E-state index contributed by atoms with van der Waals surface area (Å²) in [6, 6.07) is 18.8. The minimum Gasteiger partial charge on any atom is -0.497 e. The van der Waals surface area contributed by atoms with Crippen molar-refractivity contribution in [1.82, 2.24) is 10.2 Å². The normalized spacial score (nSPS) is 12.1. The van der Waals surface area contributed by atoms with Crippen LogP contribution in [-0.4, -0.2) is 50.9 Å². The second kappa shape index (κ2) is 13.0. The Labute approximate surface area is 235 Å². The Hall–Kier alpha value is -3.56. The van der Waals surface area contributed by atoms with E-state index in [4.69, 9.17) is 16.3 Å². The molecule has 0 unspecified atom stereocenters. The fourth-order valence-corrected chi connectivity index (χ4v) is 5.52. The highest BCUT2D eigenvalue weighted by Gasteiger charge is 2.33. The van der Waals surface area contributed by atoms with Crippen LogP contribution >= 0.6 is 11.6 Å². The Balaban J connectivity index is 2.04. The molecule has 0 saturated heterocycles. The molecule has 3 aromatic rings. The summed E-state index contributed by atoms with van der Waals surface area (Å²) in [5, 5.41) is 3.26. The van der Waals surface area contributed by atoms with Crippen molar-refractivity contribution in [3.05, 3.63) is 88.9 Å². The molecule has 0 bridgehead atoms. The molecule has 0 aliphatic rings. The van der Waals surface area contributed by atoms with Crippen LogP contribution in [0.15, 0.2) is 77.7 Å². The van der Waals surface area contributed by atoms with Crippen LogP contribution in [0.1, 0.15) is 31.9 Å². The molecule has 39 heavy (non-hydrogen) atoms. The molecule has 1 N–H and O–H groups in total. The van der Waals surface area contributed by atoms with Crippen molar-refractivity contribution in [2.45, 2.75) is 51.2 Å². The quantitative estimate of drug-likeness (QED) is 0.357. The monoisotopic (exact) mass is 571 g/mol. The lowest BCUT2D eigenvalue weighted by atomic mass is 10.1. The predicted octanol–water partition coefficient (Wildman–Crippen LogP) is 4.79. The zero-order valence-electron chi connectivity index (χ0n) is 22.7. The highest BCUT2D eigenvalue weighted by Crippen LogP contribution is 2.27. The molecule has 0 fully saturated rings. The molecule has 1 atom stereocenters. The molecule has 0 heterocycles. The van der Waals surface area contributed by atoms with Gasteiger partial charge in [0.15, 0.2) is 0 Å². The van der Waals surface area contributed by atoms with E-state index < -0.39 is 28.5 Å². The van der Waals surface area contributed by atoms with E-state index in [0.29, 0.717) is 22.0 Å². The molecule has 10 heteroatoms. The van der Waals surface area contributed by atoms with Crippen LogP contribution in [0.4, 0.5) is 5.69 Å². The first-order chi connectivity index (χ1) is 18.4. The number of rotatable bonds is 11. The van der Waals surface area contributed by atoms with Crippen LogP contribution in [0.2, 0.25) is 5.02 Å². The minimum absolute atomic E-state index is 0.0000666. The van der Waals surface area contributed by atoms with Gasteiger partial charge in [0.25, 0.3) is 10.0 Å². The summed E-state index contributed by atoms with van der Waals surface area (Å²) >= 11 is 6.38. The van der Waals surface area contributed by atoms with E-state index in [-0.39, 0.29) is 23.4 Å². The van der Waals surface area contributed by atoms with E-state index in [0.717, 1.165) is 9.87 Å². The lowest BCUT2D eigenvalue weighted by molar-refractivity contribution is -0.139. The van der Waals surface area contributed by atoms with Crippen LogP contribution in [0.25, 0.3) is 0 Å². The first-order valence-corrected chi connectivity index (χ1v) is 14.3. The predicted molar refractivity (Wildman–Crippen MR) is 153 cm³/mol. The standard InChI is InChI=1S/C29H34ClN3O5S/c1-20(2)31-29(35)22(4)32(18-23-8-6-7-9-27(23)30)28(34)19-33(24-12-10-21(3)11-13-24)39(36,37)26-16-14-25(38-5)15-17-26/h6-17,20,22H,18-19H2,1-5H3,(H,31,35)/t22-/m1/s1. The van der Waals surface area contributed by atoms with Crippen molar-refractivity contribution >= 4 is 39.1 Å². The van der Waals surface area contributed by atoms with E-state index in [1.54, 1.807) is 67.6 Å². The van der Waals surface area contributed by atoms with E-state index in [1.165, 1.54) is 24.1 Å². The van der Waals surface area contributed by atoms with Crippen molar-refractivity contribution < 1.29 is 22.7 Å². The number of benzene rings is 3.